The SMILES string of the molecule is CCNC(C1=COCCC1)c1cc(Cl)ccc1Cl. The van der Waals surface area contributed by atoms with E-state index in [0.717, 1.165) is 36.6 Å². The number of halogens is 2. The summed E-state index contributed by atoms with van der Waals surface area (Å²) in [5.74, 6) is 0. The van der Waals surface area contributed by atoms with E-state index in [4.69, 9.17) is 27.9 Å². The van der Waals surface area contributed by atoms with E-state index in [9.17, 15) is 0 Å². The summed E-state index contributed by atoms with van der Waals surface area (Å²) >= 11 is 12.3. The number of hydrogen-bond donors (Lipinski definition) is 1. The maximum atomic E-state index is 6.28. The Balaban J connectivity index is 2.34. The average Bonchev–Trinajstić information content (AvgIpc) is 2.40. The monoisotopic (exact) mass is 285 g/mol. The second-order valence-electron chi connectivity index (χ2n) is 4.32. The van der Waals surface area contributed by atoms with Crippen LogP contribution in [-0.2, 0) is 4.74 Å². The van der Waals surface area contributed by atoms with Gasteiger partial charge in [-0.1, -0.05) is 30.1 Å². The fraction of sp³-hybridized carbons (Fsp3) is 0.429. The van der Waals surface area contributed by atoms with Crippen molar-refractivity contribution in [1.29, 1.82) is 0 Å². The van der Waals surface area contributed by atoms with Crippen molar-refractivity contribution in [3.8, 4) is 0 Å². The minimum Gasteiger partial charge on any atom is -0.501 e. The highest BCUT2D eigenvalue weighted by Crippen LogP contribution is 2.33. The van der Waals surface area contributed by atoms with Gasteiger partial charge >= 0.3 is 0 Å². The topological polar surface area (TPSA) is 21.3 Å². The first kappa shape index (κ1) is 13.7. The number of nitrogens with one attached hydrogen (secondary N) is 1. The van der Waals surface area contributed by atoms with Crippen LogP contribution in [0.4, 0.5) is 0 Å². The van der Waals surface area contributed by atoms with Crippen LogP contribution in [0.1, 0.15) is 31.4 Å². The molecular formula is C14H17Cl2NO. The van der Waals surface area contributed by atoms with Crippen LogP contribution >= 0.6 is 23.2 Å². The molecule has 1 heterocycles. The van der Waals surface area contributed by atoms with E-state index in [1.807, 2.05) is 24.5 Å². The van der Waals surface area contributed by atoms with Gasteiger partial charge in [-0.15, -0.1) is 0 Å². The molecular weight excluding hydrogens is 269 g/mol. The van der Waals surface area contributed by atoms with E-state index in [1.165, 1.54) is 5.57 Å². The van der Waals surface area contributed by atoms with Gasteiger partial charge in [0, 0.05) is 10.0 Å². The van der Waals surface area contributed by atoms with Gasteiger partial charge in [-0.2, -0.15) is 0 Å². The average molecular weight is 286 g/mol. The molecule has 0 fully saturated rings. The van der Waals surface area contributed by atoms with Crippen LogP contribution in [0.3, 0.4) is 0 Å². The van der Waals surface area contributed by atoms with Crippen LogP contribution in [0.15, 0.2) is 30.0 Å². The molecule has 1 atom stereocenters. The Labute approximate surface area is 118 Å². The summed E-state index contributed by atoms with van der Waals surface area (Å²) in [5, 5.41) is 4.88. The van der Waals surface area contributed by atoms with Crippen LogP contribution in [0, 0.1) is 0 Å². The Bertz CT molecular complexity index is 445. The number of hydrogen-bond acceptors (Lipinski definition) is 2. The molecule has 0 aliphatic carbocycles. The molecule has 1 unspecified atom stereocenters. The van der Waals surface area contributed by atoms with E-state index < -0.39 is 0 Å². The Morgan fingerprint density at radius 1 is 1.39 bits per heavy atom. The van der Waals surface area contributed by atoms with Crippen molar-refractivity contribution in [3.05, 3.63) is 45.6 Å². The molecule has 0 saturated carbocycles. The van der Waals surface area contributed by atoms with Gasteiger partial charge in [-0.25, -0.2) is 0 Å². The van der Waals surface area contributed by atoms with Crippen molar-refractivity contribution in [2.45, 2.75) is 25.8 Å². The molecule has 2 nitrogen and oxygen atoms in total. The van der Waals surface area contributed by atoms with Gasteiger partial charge in [0.15, 0.2) is 0 Å². The summed E-state index contributed by atoms with van der Waals surface area (Å²) in [4.78, 5) is 0. The number of rotatable bonds is 4. The fourth-order valence-corrected chi connectivity index (χ4v) is 2.58. The summed E-state index contributed by atoms with van der Waals surface area (Å²) in [7, 11) is 0. The normalized spacial score (nSPS) is 16.9. The quantitative estimate of drug-likeness (QED) is 0.889. The molecule has 0 saturated heterocycles. The van der Waals surface area contributed by atoms with Crippen LogP contribution in [0.25, 0.3) is 0 Å². The minimum atomic E-state index is 0.0847. The predicted octanol–water partition coefficient (Wildman–Crippen LogP) is 4.34. The van der Waals surface area contributed by atoms with Crippen LogP contribution in [0.5, 0.6) is 0 Å². The van der Waals surface area contributed by atoms with Gasteiger partial charge in [-0.3, -0.25) is 0 Å². The first-order valence-corrected chi connectivity index (χ1v) is 6.97. The number of ether oxygens (including phenoxy) is 1. The Morgan fingerprint density at radius 2 is 2.22 bits per heavy atom. The molecule has 0 radical (unpaired) electrons. The number of benzene rings is 1. The molecule has 1 aliphatic rings. The van der Waals surface area contributed by atoms with Crippen molar-refractivity contribution in [2.24, 2.45) is 0 Å². The molecule has 1 aromatic rings. The van der Waals surface area contributed by atoms with E-state index in [1.54, 1.807) is 0 Å². The first-order valence-electron chi connectivity index (χ1n) is 6.21. The third kappa shape index (κ3) is 3.19. The third-order valence-electron chi connectivity index (χ3n) is 3.01. The molecule has 0 amide bonds. The summed E-state index contributed by atoms with van der Waals surface area (Å²) in [5.41, 5.74) is 2.25. The van der Waals surface area contributed by atoms with Crippen molar-refractivity contribution < 1.29 is 4.74 Å². The van der Waals surface area contributed by atoms with Gasteiger partial charge < -0.3 is 10.1 Å². The highest BCUT2D eigenvalue weighted by Gasteiger charge is 2.20. The predicted molar refractivity (Wildman–Crippen MR) is 76.1 cm³/mol. The lowest BCUT2D eigenvalue weighted by Gasteiger charge is -2.25. The van der Waals surface area contributed by atoms with Gasteiger partial charge in [0.1, 0.15) is 0 Å². The molecule has 2 rings (SSSR count). The zero-order valence-corrected chi connectivity index (χ0v) is 11.9. The molecule has 1 aliphatic heterocycles. The fourth-order valence-electron chi connectivity index (χ4n) is 2.18. The van der Waals surface area contributed by atoms with Crippen LogP contribution in [0.2, 0.25) is 10.0 Å². The zero-order chi connectivity index (χ0) is 13.0. The maximum absolute atomic E-state index is 6.28. The van der Waals surface area contributed by atoms with Gasteiger partial charge in [0.2, 0.25) is 0 Å². The largest absolute Gasteiger partial charge is 0.501 e. The summed E-state index contributed by atoms with van der Waals surface area (Å²) in [6.45, 7) is 3.74. The smallest absolute Gasteiger partial charge is 0.0876 e. The minimum absolute atomic E-state index is 0.0847. The van der Waals surface area contributed by atoms with Crippen molar-refractivity contribution in [3.63, 3.8) is 0 Å². The molecule has 0 bridgehead atoms. The molecule has 1 aromatic carbocycles. The number of likely N-dealkylation sites (N-methyl/N-ethyl adjacent to an activating group) is 1. The van der Waals surface area contributed by atoms with Crippen molar-refractivity contribution in [2.75, 3.05) is 13.2 Å². The molecule has 1 N–H and O–H groups in total. The molecule has 18 heavy (non-hydrogen) atoms. The summed E-state index contributed by atoms with van der Waals surface area (Å²) in [6, 6.07) is 5.66. The Kier molecular flexibility index (Phi) is 4.93. The third-order valence-corrected chi connectivity index (χ3v) is 3.59. The first-order chi connectivity index (χ1) is 8.72. The molecule has 98 valence electrons. The van der Waals surface area contributed by atoms with E-state index in [-0.39, 0.29) is 6.04 Å². The van der Waals surface area contributed by atoms with Gasteiger partial charge in [0.05, 0.1) is 18.9 Å². The lowest BCUT2D eigenvalue weighted by molar-refractivity contribution is 0.219. The lowest BCUT2D eigenvalue weighted by Crippen LogP contribution is -2.24. The molecule has 4 heteroatoms. The molecule has 0 aromatic heterocycles. The van der Waals surface area contributed by atoms with Crippen molar-refractivity contribution >= 4 is 23.2 Å². The van der Waals surface area contributed by atoms with Crippen LogP contribution < -0.4 is 5.32 Å². The highest BCUT2D eigenvalue weighted by molar-refractivity contribution is 6.33. The van der Waals surface area contributed by atoms with E-state index >= 15 is 0 Å². The van der Waals surface area contributed by atoms with Gasteiger partial charge in [-0.05, 0) is 48.7 Å². The second-order valence-corrected chi connectivity index (χ2v) is 5.17. The van der Waals surface area contributed by atoms with Crippen molar-refractivity contribution in [1.82, 2.24) is 5.32 Å². The highest BCUT2D eigenvalue weighted by atomic mass is 35.5. The van der Waals surface area contributed by atoms with E-state index in [2.05, 4.69) is 12.2 Å². The maximum Gasteiger partial charge on any atom is 0.0876 e. The zero-order valence-electron chi connectivity index (χ0n) is 10.4. The standard InChI is InChI=1S/C14H17Cl2NO/c1-2-17-14(10-4-3-7-18-9-10)12-8-11(15)5-6-13(12)16/h5-6,8-9,14,17H,2-4,7H2,1H3. The Hall–Kier alpha value is -0.700. The van der Waals surface area contributed by atoms with Crippen LogP contribution in [-0.4, -0.2) is 13.2 Å². The lowest BCUT2D eigenvalue weighted by atomic mass is 9.95. The second kappa shape index (κ2) is 6.46. The summed E-state index contributed by atoms with van der Waals surface area (Å²) < 4.78 is 5.42. The summed E-state index contributed by atoms with van der Waals surface area (Å²) in [6.07, 6.45) is 3.93. The van der Waals surface area contributed by atoms with Gasteiger partial charge in [0.25, 0.3) is 0 Å². The Morgan fingerprint density at radius 3 is 2.89 bits per heavy atom. The van der Waals surface area contributed by atoms with E-state index in [0.29, 0.717) is 5.02 Å². The molecule has 0 spiro atoms.